The van der Waals surface area contributed by atoms with Crippen molar-refractivity contribution in [3.63, 3.8) is 0 Å². The number of hydrogen-bond acceptors (Lipinski definition) is 2. The molecule has 0 atom stereocenters. The number of nitrogens with zero attached hydrogens (tertiary/aromatic N) is 2. The van der Waals surface area contributed by atoms with Crippen LogP contribution in [0.5, 0.6) is 0 Å². The number of aryl methyl sites for hydroxylation is 1. The number of likely N-dealkylation sites (N-methyl/N-ethyl adjacent to an activating group) is 1. The molecule has 0 unspecified atom stereocenters. The lowest BCUT2D eigenvalue weighted by molar-refractivity contribution is 0.297. The molecule has 0 aliphatic heterocycles. The maximum Gasteiger partial charge on any atom is 0.0703 e. The Bertz CT molecular complexity index is 410. The summed E-state index contributed by atoms with van der Waals surface area (Å²) in [6, 6.07) is 11.2. The summed E-state index contributed by atoms with van der Waals surface area (Å²) >= 11 is 0. The van der Waals surface area contributed by atoms with E-state index in [-0.39, 0.29) is 5.41 Å². The second-order valence-electron chi connectivity index (χ2n) is 5.37. The van der Waals surface area contributed by atoms with Gasteiger partial charge in [0.15, 0.2) is 0 Å². The number of hydrogen-bond donors (Lipinski definition) is 0. The molecule has 1 aromatic rings. The van der Waals surface area contributed by atoms with Crippen LogP contribution in [-0.2, 0) is 6.42 Å². The largest absolute Gasteiger partial charge is 0.304 e. The van der Waals surface area contributed by atoms with E-state index in [2.05, 4.69) is 49.2 Å². The van der Waals surface area contributed by atoms with Crippen molar-refractivity contribution in [1.29, 1.82) is 5.26 Å². The van der Waals surface area contributed by atoms with E-state index in [0.717, 1.165) is 32.4 Å². The summed E-state index contributed by atoms with van der Waals surface area (Å²) in [4.78, 5) is 2.29. The highest BCUT2D eigenvalue weighted by atomic mass is 15.1. The minimum atomic E-state index is -0.0119. The highest BCUT2D eigenvalue weighted by Crippen LogP contribution is 2.45. The van der Waals surface area contributed by atoms with Crippen LogP contribution in [0.25, 0.3) is 0 Å². The molecule has 0 aromatic heterocycles. The second-order valence-corrected chi connectivity index (χ2v) is 5.37. The molecule has 0 radical (unpaired) electrons. The Labute approximate surface area is 104 Å². The van der Waals surface area contributed by atoms with Gasteiger partial charge in [-0.25, -0.2) is 0 Å². The van der Waals surface area contributed by atoms with E-state index >= 15 is 0 Å². The van der Waals surface area contributed by atoms with Crippen LogP contribution >= 0.6 is 0 Å². The van der Waals surface area contributed by atoms with Gasteiger partial charge >= 0.3 is 0 Å². The van der Waals surface area contributed by atoms with Gasteiger partial charge in [0.2, 0.25) is 0 Å². The lowest BCUT2D eigenvalue weighted by Gasteiger charge is -2.19. The molecule has 0 saturated heterocycles. The fraction of sp³-hybridized carbons (Fsp3) is 0.533. The molecule has 90 valence electrons. The van der Waals surface area contributed by atoms with Gasteiger partial charge in [-0.1, -0.05) is 29.8 Å². The first kappa shape index (κ1) is 12.1. The summed E-state index contributed by atoms with van der Waals surface area (Å²) in [5.41, 5.74) is 2.68. The van der Waals surface area contributed by atoms with Gasteiger partial charge < -0.3 is 4.90 Å². The van der Waals surface area contributed by atoms with Crippen molar-refractivity contribution < 1.29 is 0 Å². The summed E-state index contributed by atoms with van der Waals surface area (Å²) in [5, 5.41) is 9.04. The molecule has 0 amide bonds. The van der Waals surface area contributed by atoms with Crippen LogP contribution in [0.15, 0.2) is 24.3 Å². The van der Waals surface area contributed by atoms with Crippen LogP contribution in [0, 0.1) is 23.7 Å². The Kier molecular flexibility index (Phi) is 3.49. The van der Waals surface area contributed by atoms with E-state index in [9.17, 15) is 0 Å². The van der Waals surface area contributed by atoms with Crippen molar-refractivity contribution in [2.75, 3.05) is 20.1 Å². The van der Waals surface area contributed by atoms with Crippen molar-refractivity contribution in [2.45, 2.75) is 26.2 Å². The monoisotopic (exact) mass is 228 g/mol. The molecule has 17 heavy (non-hydrogen) atoms. The Morgan fingerprint density at radius 2 is 1.94 bits per heavy atom. The molecule has 0 heterocycles. The Morgan fingerprint density at radius 3 is 2.47 bits per heavy atom. The van der Waals surface area contributed by atoms with E-state index in [4.69, 9.17) is 5.26 Å². The smallest absolute Gasteiger partial charge is 0.0703 e. The van der Waals surface area contributed by atoms with Crippen LogP contribution in [0.2, 0.25) is 0 Å². The zero-order chi connectivity index (χ0) is 12.3. The molecule has 1 saturated carbocycles. The predicted molar refractivity (Wildman–Crippen MR) is 69.7 cm³/mol. The Hall–Kier alpha value is -1.33. The molecule has 2 rings (SSSR count). The average molecular weight is 228 g/mol. The summed E-state index contributed by atoms with van der Waals surface area (Å²) in [6.07, 6.45) is 3.23. The molecular formula is C15H20N2. The van der Waals surface area contributed by atoms with Gasteiger partial charge in [0.1, 0.15) is 0 Å². The fourth-order valence-corrected chi connectivity index (χ4v) is 2.13. The van der Waals surface area contributed by atoms with E-state index in [1.165, 1.54) is 11.1 Å². The van der Waals surface area contributed by atoms with Crippen molar-refractivity contribution in [3.8, 4) is 6.07 Å². The third kappa shape index (κ3) is 3.31. The average Bonchev–Trinajstić information content (AvgIpc) is 3.09. The number of nitriles is 1. The minimum absolute atomic E-state index is 0.0119. The van der Waals surface area contributed by atoms with Gasteiger partial charge in [-0.05, 0) is 38.8 Å². The van der Waals surface area contributed by atoms with Gasteiger partial charge in [0, 0.05) is 13.1 Å². The molecule has 2 nitrogen and oxygen atoms in total. The molecule has 1 aliphatic carbocycles. The maximum absolute atomic E-state index is 9.04. The quantitative estimate of drug-likeness (QED) is 0.775. The van der Waals surface area contributed by atoms with Gasteiger partial charge in [0.05, 0.1) is 11.5 Å². The number of benzene rings is 1. The molecule has 2 heteroatoms. The molecule has 1 aliphatic rings. The normalized spacial score (nSPS) is 16.8. The SMILES string of the molecule is Cc1ccc(CCN(C)CC2(C#N)CC2)cc1. The third-order valence-corrected chi connectivity index (χ3v) is 3.57. The molecule has 0 bridgehead atoms. The van der Waals surface area contributed by atoms with Crippen LogP contribution in [0.4, 0.5) is 0 Å². The minimum Gasteiger partial charge on any atom is -0.304 e. The van der Waals surface area contributed by atoms with Gasteiger partial charge in [-0.2, -0.15) is 5.26 Å². The van der Waals surface area contributed by atoms with Gasteiger partial charge in [-0.15, -0.1) is 0 Å². The van der Waals surface area contributed by atoms with Gasteiger partial charge in [0.25, 0.3) is 0 Å². The van der Waals surface area contributed by atoms with Gasteiger partial charge in [-0.3, -0.25) is 0 Å². The van der Waals surface area contributed by atoms with Crippen LogP contribution in [0.1, 0.15) is 24.0 Å². The lowest BCUT2D eigenvalue weighted by atomic mass is 10.1. The molecule has 1 aromatic carbocycles. The summed E-state index contributed by atoms with van der Waals surface area (Å²) < 4.78 is 0. The first-order valence-electron chi connectivity index (χ1n) is 6.29. The summed E-state index contributed by atoms with van der Waals surface area (Å²) in [7, 11) is 2.12. The fourth-order valence-electron chi connectivity index (χ4n) is 2.13. The van der Waals surface area contributed by atoms with Crippen LogP contribution in [0.3, 0.4) is 0 Å². The van der Waals surface area contributed by atoms with E-state index in [1.807, 2.05) is 0 Å². The zero-order valence-electron chi connectivity index (χ0n) is 10.7. The molecule has 0 spiro atoms. The molecular weight excluding hydrogens is 208 g/mol. The third-order valence-electron chi connectivity index (χ3n) is 3.57. The second kappa shape index (κ2) is 4.89. The molecule has 1 fully saturated rings. The standard InChI is InChI=1S/C15H20N2/c1-13-3-5-14(6-4-13)7-10-17(2)12-15(11-16)8-9-15/h3-6H,7-10,12H2,1-2H3. The van der Waals surface area contributed by atoms with Crippen LogP contribution < -0.4 is 0 Å². The first-order valence-corrected chi connectivity index (χ1v) is 6.29. The van der Waals surface area contributed by atoms with E-state index in [1.54, 1.807) is 0 Å². The Morgan fingerprint density at radius 1 is 1.29 bits per heavy atom. The van der Waals surface area contributed by atoms with Crippen molar-refractivity contribution >= 4 is 0 Å². The van der Waals surface area contributed by atoms with E-state index in [0.29, 0.717) is 0 Å². The highest BCUT2D eigenvalue weighted by molar-refractivity contribution is 5.21. The summed E-state index contributed by atoms with van der Waals surface area (Å²) in [6.45, 7) is 4.07. The van der Waals surface area contributed by atoms with Crippen LogP contribution in [-0.4, -0.2) is 25.0 Å². The zero-order valence-corrected chi connectivity index (χ0v) is 10.7. The summed E-state index contributed by atoms with van der Waals surface area (Å²) in [5.74, 6) is 0. The number of rotatable bonds is 5. The lowest BCUT2D eigenvalue weighted by Crippen LogP contribution is -2.28. The Balaban J connectivity index is 1.78. The van der Waals surface area contributed by atoms with Crippen molar-refractivity contribution in [1.82, 2.24) is 4.90 Å². The van der Waals surface area contributed by atoms with E-state index < -0.39 is 0 Å². The first-order chi connectivity index (χ1) is 8.13. The topological polar surface area (TPSA) is 27.0 Å². The highest BCUT2D eigenvalue weighted by Gasteiger charge is 2.43. The molecule has 0 N–H and O–H groups in total. The predicted octanol–water partition coefficient (Wildman–Crippen LogP) is 2.77. The van der Waals surface area contributed by atoms with Crippen molar-refractivity contribution in [2.24, 2.45) is 5.41 Å². The maximum atomic E-state index is 9.04. The van der Waals surface area contributed by atoms with Crippen molar-refractivity contribution in [3.05, 3.63) is 35.4 Å².